The van der Waals surface area contributed by atoms with E-state index in [2.05, 4.69) is 19.2 Å². The van der Waals surface area contributed by atoms with Gasteiger partial charge in [0.05, 0.1) is 5.92 Å². The van der Waals surface area contributed by atoms with Crippen LogP contribution in [0.5, 0.6) is 0 Å². The minimum Gasteiger partial charge on any atom is -0.339 e. The third-order valence-electron chi connectivity index (χ3n) is 6.05. The third kappa shape index (κ3) is 3.70. The Morgan fingerprint density at radius 2 is 2.04 bits per heavy atom. The minimum atomic E-state index is -0.380. The fourth-order valence-corrected chi connectivity index (χ4v) is 4.19. The lowest BCUT2D eigenvalue weighted by Crippen LogP contribution is -2.45. The fraction of sp³-hybridized carbons (Fsp3) is 0.600. The monoisotopic (exact) mass is 346 g/mol. The van der Waals surface area contributed by atoms with Crippen LogP contribution in [0.25, 0.3) is 0 Å². The van der Waals surface area contributed by atoms with Crippen molar-refractivity contribution in [3.63, 3.8) is 0 Å². The van der Waals surface area contributed by atoms with Crippen LogP contribution in [0.4, 0.5) is 10.1 Å². The summed E-state index contributed by atoms with van der Waals surface area (Å²) in [7, 11) is 0. The highest BCUT2D eigenvalue weighted by Gasteiger charge is 2.41. The van der Waals surface area contributed by atoms with Gasteiger partial charge in [0.2, 0.25) is 11.8 Å². The lowest BCUT2D eigenvalue weighted by molar-refractivity contribution is -0.131. The molecule has 0 aromatic heterocycles. The van der Waals surface area contributed by atoms with Crippen LogP contribution in [0.2, 0.25) is 0 Å². The topological polar surface area (TPSA) is 49.4 Å². The largest absolute Gasteiger partial charge is 0.339 e. The SMILES string of the molecule is Cc1ccc(F)cc1NC(=O)[C@H]1CC(=O)N([C@H]2CCC[C@H](C)[C@@H]2C)C1. The van der Waals surface area contributed by atoms with Gasteiger partial charge in [-0.2, -0.15) is 0 Å². The molecule has 1 saturated carbocycles. The van der Waals surface area contributed by atoms with E-state index < -0.39 is 0 Å². The molecule has 1 N–H and O–H groups in total. The van der Waals surface area contributed by atoms with Crippen LogP contribution < -0.4 is 5.32 Å². The van der Waals surface area contributed by atoms with Gasteiger partial charge in [0.15, 0.2) is 0 Å². The Morgan fingerprint density at radius 3 is 2.80 bits per heavy atom. The van der Waals surface area contributed by atoms with Gasteiger partial charge in [-0.15, -0.1) is 0 Å². The highest BCUT2D eigenvalue weighted by molar-refractivity contribution is 5.97. The molecule has 0 radical (unpaired) electrons. The molecule has 1 aromatic carbocycles. The van der Waals surface area contributed by atoms with Crippen molar-refractivity contribution in [1.82, 2.24) is 4.90 Å². The minimum absolute atomic E-state index is 0.0714. The number of likely N-dealkylation sites (tertiary alicyclic amines) is 1. The molecule has 136 valence electrons. The zero-order chi connectivity index (χ0) is 18.1. The number of benzene rings is 1. The van der Waals surface area contributed by atoms with E-state index in [1.165, 1.54) is 18.6 Å². The van der Waals surface area contributed by atoms with Crippen molar-refractivity contribution >= 4 is 17.5 Å². The molecule has 3 rings (SSSR count). The summed E-state index contributed by atoms with van der Waals surface area (Å²) in [6, 6.07) is 4.58. The van der Waals surface area contributed by atoms with Crippen molar-refractivity contribution in [3.8, 4) is 0 Å². The number of nitrogens with one attached hydrogen (secondary N) is 1. The molecule has 0 unspecified atom stereocenters. The van der Waals surface area contributed by atoms with Crippen molar-refractivity contribution in [1.29, 1.82) is 0 Å². The number of nitrogens with zero attached hydrogens (tertiary/aromatic N) is 1. The molecule has 2 fully saturated rings. The molecule has 2 amide bonds. The molecule has 1 aliphatic heterocycles. The normalized spacial score (nSPS) is 29.8. The molecule has 2 aliphatic rings. The molecule has 5 heteroatoms. The Hall–Kier alpha value is -1.91. The molecule has 25 heavy (non-hydrogen) atoms. The van der Waals surface area contributed by atoms with E-state index in [0.717, 1.165) is 18.4 Å². The maximum Gasteiger partial charge on any atom is 0.229 e. The molecule has 1 aromatic rings. The van der Waals surface area contributed by atoms with Crippen molar-refractivity contribution in [2.75, 3.05) is 11.9 Å². The highest BCUT2D eigenvalue weighted by Crippen LogP contribution is 2.36. The second kappa shape index (κ2) is 7.14. The van der Waals surface area contributed by atoms with E-state index in [4.69, 9.17) is 0 Å². The van der Waals surface area contributed by atoms with Gasteiger partial charge in [0, 0.05) is 24.7 Å². The van der Waals surface area contributed by atoms with E-state index in [1.807, 2.05) is 11.8 Å². The summed E-state index contributed by atoms with van der Waals surface area (Å²) < 4.78 is 13.4. The molecule has 1 heterocycles. The number of amides is 2. The lowest BCUT2D eigenvalue weighted by Gasteiger charge is -2.40. The quantitative estimate of drug-likeness (QED) is 0.906. The van der Waals surface area contributed by atoms with Gasteiger partial charge in [-0.25, -0.2) is 4.39 Å². The average molecular weight is 346 g/mol. The van der Waals surface area contributed by atoms with Crippen molar-refractivity contribution < 1.29 is 14.0 Å². The smallest absolute Gasteiger partial charge is 0.229 e. The van der Waals surface area contributed by atoms with E-state index in [9.17, 15) is 14.0 Å². The van der Waals surface area contributed by atoms with Gasteiger partial charge in [-0.1, -0.05) is 32.8 Å². The molecule has 0 bridgehead atoms. The highest BCUT2D eigenvalue weighted by atomic mass is 19.1. The fourth-order valence-electron chi connectivity index (χ4n) is 4.19. The summed E-state index contributed by atoms with van der Waals surface area (Å²) in [4.78, 5) is 27.0. The maximum atomic E-state index is 13.4. The standard InChI is InChI=1S/C20H27FN2O2/c1-12-5-4-6-18(14(12)3)23-11-15(9-19(23)24)20(25)22-17-10-16(21)8-7-13(17)2/h7-8,10,12,14-15,18H,4-6,9,11H2,1-3H3,(H,22,25)/t12-,14-,15-,18-/m0/s1. The summed E-state index contributed by atoms with van der Waals surface area (Å²) in [5, 5.41) is 2.80. The Bertz CT molecular complexity index is 676. The molecular weight excluding hydrogens is 319 g/mol. The first-order chi connectivity index (χ1) is 11.9. The number of carbonyl (C=O) groups is 2. The number of hydrogen-bond donors (Lipinski definition) is 1. The van der Waals surface area contributed by atoms with Gasteiger partial charge >= 0.3 is 0 Å². The van der Waals surface area contributed by atoms with Gasteiger partial charge in [-0.3, -0.25) is 9.59 Å². The molecule has 4 atom stereocenters. The Kier molecular flexibility index (Phi) is 5.11. The van der Waals surface area contributed by atoms with E-state index in [-0.39, 0.29) is 36.0 Å². The van der Waals surface area contributed by atoms with E-state index in [0.29, 0.717) is 24.1 Å². The van der Waals surface area contributed by atoms with E-state index >= 15 is 0 Å². The van der Waals surface area contributed by atoms with Crippen molar-refractivity contribution in [2.45, 2.75) is 52.5 Å². The molecule has 4 nitrogen and oxygen atoms in total. The van der Waals surface area contributed by atoms with Crippen molar-refractivity contribution in [3.05, 3.63) is 29.6 Å². The summed E-state index contributed by atoms with van der Waals surface area (Å²) in [6.45, 7) is 6.76. The summed E-state index contributed by atoms with van der Waals surface area (Å²) >= 11 is 0. The van der Waals surface area contributed by atoms with Crippen LogP contribution in [-0.4, -0.2) is 29.3 Å². The second-order valence-electron chi connectivity index (χ2n) is 7.73. The number of carbonyl (C=O) groups excluding carboxylic acids is 2. The number of hydrogen-bond acceptors (Lipinski definition) is 2. The predicted octanol–water partition coefficient (Wildman–Crippen LogP) is 3.75. The molecular formula is C20H27FN2O2. The number of halogens is 1. The first-order valence-corrected chi connectivity index (χ1v) is 9.23. The van der Waals surface area contributed by atoms with Crippen molar-refractivity contribution in [2.24, 2.45) is 17.8 Å². The van der Waals surface area contributed by atoms with Crippen LogP contribution in [-0.2, 0) is 9.59 Å². The Labute approximate surface area is 148 Å². The van der Waals surface area contributed by atoms with Crippen LogP contribution in [0, 0.1) is 30.5 Å². The third-order valence-corrected chi connectivity index (χ3v) is 6.05. The molecule has 0 spiro atoms. The zero-order valence-corrected chi connectivity index (χ0v) is 15.2. The van der Waals surface area contributed by atoms with Crippen LogP contribution in [0.3, 0.4) is 0 Å². The van der Waals surface area contributed by atoms with Gasteiger partial charge in [-0.05, 0) is 42.9 Å². The Morgan fingerprint density at radius 1 is 1.28 bits per heavy atom. The van der Waals surface area contributed by atoms with Crippen LogP contribution >= 0.6 is 0 Å². The number of aryl methyl sites for hydroxylation is 1. The lowest BCUT2D eigenvalue weighted by atomic mass is 9.77. The summed E-state index contributed by atoms with van der Waals surface area (Å²) in [5.74, 6) is 0.206. The van der Waals surface area contributed by atoms with Gasteiger partial charge in [0.1, 0.15) is 5.82 Å². The number of anilines is 1. The first kappa shape index (κ1) is 17.9. The van der Waals surface area contributed by atoms with Crippen LogP contribution in [0.15, 0.2) is 18.2 Å². The summed E-state index contributed by atoms with van der Waals surface area (Å²) in [5.41, 5.74) is 1.29. The Balaban J connectivity index is 1.67. The van der Waals surface area contributed by atoms with Gasteiger partial charge < -0.3 is 10.2 Å². The summed E-state index contributed by atoms with van der Waals surface area (Å²) in [6.07, 6.45) is 3.62. The predicted molar refractivity (Wildman–Crippen MR) is 95.6 cm³/mol. The average Bonchev–Trinajstić information content (AvgIpc) is 2.95. The second-order valence-corrected chi connectivity index (χ2v) is 7.73. The maximum absolute atomic E-state index is 13.4. The number of rotatable bonds is 3. The molecule has 1 aliphatic carbocycles. The van der Waals surface area contributed by atoms with E-state index in [1.54, 1.807) is 6.07 Å². The zero-order valence-electron chi connectivity index (χ0n) is 15.2. The van der Waals surface area contributed by atoms with Crippen LogP contribution in [0.1, 0.15) is 45.1 Å². The molecule has 1 saturated heterocycles. The first-order valence-electron chi connectivity index (χ1n) is 9.23. The van der Waals surface area contributed by atoms with Gasteiger partial charge in [0.25, 0.3) is 0 Å².